The second kappa shape index (κ2) is 8.90. The Labute approximate surface area is 139 Å². The molecule has 124 valence electrons. The summed E-state index contributed by atoms with van der Waals surface area (Å²) in [4.78, 5) is 0. The Bertz CT molecular complexity index is 616. The van der Waals surface area contributed by atoms with Gasteiger partial charge in [-0.3, -0.25) is 4.57 Å². The number of nitrogens with one attached hydrogen (secondary N) is 1. The lowest BCUT2D eigenvalue weighted by Gasteiger charge is -2.29. The Morgan fingerprint density at radius 3 is 2.17 bits per heavy atom. The van der Waals surface area contributed by atoms with Crippen LogP contribution in [0.25, 0.3) is 0 Å². The van der Waals surface area contributed by atoms with E-state index in [-0.39, 0.29) is 5.78 Å². The van der Waals surface area contributed by atoms with E-state index in [1.807, 2.05) is 67.6 Å². The van der Waals surface area contributed by atoms with Crippen molar-refractivity contribution in [1.82, 2.24) is 0 Å². The monoisotopic (exact) mass is 331 g/mol. The Morgan fingerprint density at radius 1 is 1.00 bits per heavy atom. The van der Waals surface area contributed by atoms with E-state index in [2.05, 4.69) is 12.2 Å². The van der Waals surface area contributed by atoms with Crippen LogP contribution in [0, 0.1) is 0 Å². The smallest absolute Gasteiger partial charge is 0.229 e. The molecule has 0 bridgehead atoms. The number of anilines is 1. The van der Waals surface area contributed by atoms with E-state index in [0.29, 0.717) is 12.8 Å². The number of hydrogen-bond donors (Lipinski definition) is 1. The standard InChI is InChI=1S/C19H26NO2P/c1-3-5-16-23(21,22-4-2)19(17-12-8-6-9-13-17)20-18-14-10-7-11-15-18/h6-15,19-20H,3-5,16H2,1-2H3. The summed E-state index contributed by atoms with van der Waals surface area (Å²) in [5, 5.41) is 3.44. The minimum absolute atomic E-state index is 0.322. The second-order valence-electron chi connectivity index (χ2n) is 5.54. The van der Waals surface area contributed by atoms with E-state index in [4.69, 9.17) is 4.52 Å². The molecule has 0 saturated carbocycles. The van der Waals surface area contributed by atoms with Gasteiger partial charge in [0.05, 0.1) is 6.61 Å². The third-order valence-electron chi connectivity index (χ3n) is 3.76. The minimum atomic E-state index is -2.84. The van der Waals surface area contributed by atoms with Gasteiger partial charge in [-0.25, -0.2) is 0 Å². The molecule has 0 spiro atoms. The first-order valence-corrected chi connectivity index (χ1v) is 10.2. The second-order valence-corrected chi connectivity index (χ2v) is 8.22. The van der Waals surface area contributed by atoms with Crippen molar-refractivity contribution in [2.45, 2.75) is 32.5 Å². The molecule has 0 heterocycles. The summed E-state index contributed by atoms with van der Waals surface area (Å²) in [6, 6.07) is 19.9. The molecule has 0 fully saturated rings. The molecule has 2 atom stereocenters. The number of rotatable bonds is 9. The molecule has 0 aliphatic heterocycles. The maximum Gasteiger partial charge on any atom is 0.229 e. The van der Waals surface area contributed by atoms with Crippen LogP contribution in [0.4, 0.5) is 5.69 Å². The van der Waals surface area contributed by atoms with E-state index in [0.717, 1.165) is 24.1 Å². The lowest BCUT2D eigenvalue weighted by atomic mass is 10.2. The van der Waals surface area contributed by atoms with Crippen molar-refractivity contribution in [2.75, 3.05) is 18.1 Å². The predicted octanol–water partition coefficient (Wildman–Crippen LogP) is 5.91. The van der Waals surface area contributed by atoms with Crippen LogP contribution in [0.5, 0.6) is 0 Å². The van der Waals surface area contributed by atoms with Crippen LogP contribution in [0.3, 0.4) is 0 Å². The summed E-state index contributed by atoms with van der Waals surface area (Å²) in [5.41, 5.74) is 1.96. The summed E-state index contributed by atoms with van der Waals surface area (Å²) < 4.78 is 19.4. The molecule has 0 aliphatic carbocycles. The molecule has 0 amide bonds. The van der Waals surface area contributed by atoms with Crippen molar-refractivity contribution in [3.8, 4) is 0 Å². The molecule has 3 nitrogen and oxygen atoms in total. The fourth-order valence-electron chi connectivity index (χ4n) is 2.60. The van der Waals surface area contributed by atoms with Gasteiger partial charge in [-0.1, -0.05) is 61.9 Å². The van der Waals surface area contributed by atoms with E-state index >= 15 is 0 Å². The van der Waals surface area contributed by atoms with Gasteiger partial charge in [-0.15, -0.1) is 0 Å². The fourth-order valence-corrected chi connectivity index (χ4v) is 5.30. The molecule has 2 aromatic rings. The number of unbranched alkanes of at least 4 members (excludes halogenated alkanes) is 1. The molecule has 0 aliphatic rings. The van der Waals surface area contributed by atoms with Gasteiger partial charge >= 0.3 is 0 Å². The molecule has 2 unspecified atom stereocenters. The normalized spacial score (nSPS) is 14.9. The van der Waals surface area contributed by atoms with Gasteiger partial charge < -0.3 is 9.84 Å². The van der Waals surface area contributed by atoms with Gasteiger partial charge in [-0.05, 0) is 31.0 Å². The first-order chi connectivity index (χ1) is 11.2. The summed E-state index contributed by atoms with van der Waals surface area (Å²) in [5.74, 6) is -0.322. The van der Waals surface area contributed by atoms with Crippen LogP contribution in [0.15, 0.2) is 60.7 Å². The minimum Gasteiger partial charge on any atom is -0.370 e. The molecule has 2 aromatic carbocycles. The number of para-hydroxylation sites is 1. The summed E-state index contributed by atoms with van der Waals surface area (Å²) >= 11 is 0. The molecule has 1 N–H and O–H groups in total. The van der Waals surface area contributed by atoms with E-state index < -0.39 is 7.37 Å². The zero-order valence-electron chi connectivity index (χ0n) is 13.9. The van der Waals surface area contributed by atoms with Gasteiger partial charge in [-0.2, -0.15) is 0 Å². The van der Waals surface area contributed by atoms with Crippen molar-refractivity contribution in [3.05, 3.63) is 66.2 Å². The van der Waals surface area contributed by atoms with Crippen molar-refractivity contribution >= 4 is 13.1 Å². The molecular weight excluding hydrogens is 305 g/mol. The SMILES string of the molecule is CCCCP(=O)(OCC)C(Nc1ccccc1)c1ccccc1. The maximum atomic E-state index is 13.6. The summed E-state index contributed by atoms with van der Waals surface area (Å²) in [6.07, 6.45) is 2.50. The van der Waals surface area contributed by atoms with Gasteiger partial charge in [0.1, 0.15) is 5.78 Å². The predicted molar refractivity (Wildman–Crippen MR) is 98.3 cm³/mol. The Balaban J connectivity index is 2.36. The number of hydrogen-bond acceptors (Lipinski definition) is 3. The van der Waals surface area contributed by atoms with Gasteiger partial charge in [0.2, 0.25) is 7.37 Å². The molecular formula is C19H26NO2P. The Hall–Kier alpha value is -1.57. The average Bonchev–Trinajstić information content (AvgIpc) is 2.60. The fraction of sp³-hybridized carbons (Fsp3) is 0.368. The first-order valence-electron chi connectivity index (χ1n) is 8.29. The molecule has 0 saturated heterocycles. The van der Waals surface area contributed by atoms with Crippen molar-refractivity contribution < 1.29 is 9.09 Å². The largest absolute Gasteiger partial charge is 0.370 e. The van der Waals surface area contributed by atoms with E-state index in [1.165, 1.54) is 0 Å². The van der Waals surface area contributed by atoms with Gasteiger partial charge in [0, 0.05) is 11.8 Å². The molecule has 0 radical (unpaired) electrons. The molecule has 2 rings (SSSR count). The zero-order chi connectivity index (χ0) is 16.5. The topological polar surface area (TPSA) is 38.3 Å². The van der Waals surface area contributed by atoms with Gasteiger partial charge in [0.15, 0.2) is 0 Å². The molecule has 0 aromatic heterocycles. The Morgan fingerprint density at radius 2 is 1.61 bits per heavy atom. The Kier molecular flexibility index (Phi) is 6.88. The van der Waals surface area contributed by atoms with Crippen molar-refractivity contribution in [2.24, 2.45) is 0 Å². The van der Waals surface area contributed by atoms with Crippen LogP contribution >= 0.6 is 7.37 Å². The third kappa shape index (κ3) is 4.95. The lowest BCUT2D eigenvalue weighted by Crippen LogP contribution is -2.15. The lowest BCUT2D eigenvalue weighted by molar-refractivity contribution is 0.326. The highest BCUT2D eigenvalue weighted by molar-refractivity contribution is 7.59. The summed E-state index contributed by atoms with van der Waals surface area (Å²) in [6.45, 7) is 4.47. The van der Waals surface area contributed by atoms with Crippen molar-refractivity contribution in [3.63, 3.8) is 0 Å². The zero-order valence-corrected chi connectivity index (χ0v) is 14.8. The van der Waals surface area contributed by atoms with Crippen molar-refractivity contribution in [1.29, 1.82) is 0 Å². The van der Waals surface area contributed by atoms with Crippen LogP contribution in [-0.4, -0.2) is 12.8 Å². The quantitative estimate of drug-likeness (QED) is 0.580. The molecule has 4 heteroatoms. The number of benzene rings is 2. The average molecular weight is 331 g/mol. The highest BCUT2D eigenvalue weighted by Crippen LogP contribution is 2.60. The van der Waals surface area contributed by atoms with Crippen LogP contribution < -0.4 is 5.32 Å². The van der Waals surface area contributed by atoms with E-state index in [1.54, 1.807) is 0 Å². The molecule has 23 heavy (non-hydrogen) atoms. The third-order valence-corrected chi connectivity index (χ3v) is 6.61. The van der Waals surface area contributed by atoms with E-state index in [9.17, 15) is 4.57 Å². The van der Waals surface area contributed by atoms with Crippen LogP contribution in [0.1, 0.15) is 38.0 Å². The van der Waals surface area contributed by atoms with Crippen LogP contribution in [-0.2, 0) is 9.09 Å². The maximum absolute atomic E-state index is 13.6. The highest BCUT2D eigenvalue weighted by atomic mass is 31.2. The first kappa shape index (κ1) is 17.8. The van der Waals surface area contributed by atoms with Crippen LogP contribution in [0.2, 0.25) is 0 Å². The highest BCUT2D eigenvalue weighted by Gasteiger charge is 2.34. The summed E-state index contributed by atoms with van der Waals surface area (Å²) in [7, 11) is -2.84. The van der Waals surface area contributed by atoms with Gasteiger partial charge in [0.25, 0.3) is 0 Å².